The highest BCUT2D eigenvalue weighted by Crippen LogP contribution is 2.00. The van der Waals surface area contributed by atoms with Crippen LogP contribution in [-0.4, -0.2) is 30.3 Å². The van der Waals surface area contributed by atoms with Crippen LogP contribution in [0.25, 0.3) is 0 Å². The highest BCUT2D eigenvalue weighted by atomic mass is 16.2. The van der Waals surface area contributed by atoms with Crippen molar-refractivity contribution in [2.24, 2.45) is 5.10 Å². The third-order valence-electron chi connectivity index (χ3n) is 1.93. The van der Waals surface area contributed by atoms with Crippen molar-refractivity contribution in [3.05, 3.63) is 35.9 Å². The minimum atomic E-state index is -0.253. The largest absolute Gasteiger partial charge is 0.359 e. The summed E-state index contributed by atoms with van der Waals surface area (Å²) in [5.41, 5.74) is 0.979. The Morgan fingerprint density at radius 3 is 2.79 bits per heavy atom. The molecule has 1 fully saturated rings. The molecule has 71 valence electrons. The van der Waals surface area contributed by atoms with Crippen LogP contribution >= 0.6 is 0 Å². The van der Waals surface area contributed by atoms with Crippen molar-refractivity contribution in [3.8, 4) is 0 Å². The predicted octanol–water partition coefficient (Wildman–Crippen LogP) is 1.06. The maximum absolute atomic E-state index is 11.0. The fraction of sp³-hybridized carbons (Fsp3) is 0.200. The zero-order chi connectivity index (χ0) is 9.80. The molecule has 0 N–H and O–H groups in total. The van der Waals surface area contributed by atoms with E-state index in [0.29, 0.717) is 13.1 Å². The first-order chi connectivity index (χ1) is 6.86. The molecule has 1 aliphatic heterocycles. The molecule has 2 amide bonds. The third kappa shape index (κ3) is 1.90. The molecular formula is C10H10N3O. The molecular weight excluding hydrogens is 178 g/mol. The van der Waals surface area contributed by atoms with E-state index in [1.165, 1.54) is 5.01 Å². The number of rotatable bonds is 2. The van der Waals surface area contributed by atoms with Crippen LogP contribution in [0.5, 0.6) is 0 Å². The molecule has 0 spiro atoms. The van der Waals surface area contributed by atoms with Crippen molar-refractivity contribution < 1.29 is 4.79 Å². The fourth-order valence-electron chi connectivity index (χ4n) is 1.20. The molecule has 1 radical (unpaired) electrons. The van der Waals surface area contributed by atoms with Crippen molar-refractivity contribution in [2.45, 2.75) is 0 Å². The van der Waals surface area contributed by atoms with Crippen molar-refractivity contribution in [2.75, 3.05) is 13.1 Å². The molecule has 1 aliphatic rings. The zero-order valence-electron chi connectivity index (χ0n) is 7.63. The lowest BCUT2D eigenvalue weighted by atomic mass is 10.2. The summed E-state index contributed by atoms with van der Waals surface area (Å²) in [6.45, 7) is 1.13. The van der Waals surface area contributed by atoms with E-state index in [9.17, 15) is 4.79 Å². The highest BCUT2D eigenvalue weighted by molar-refractivity contribution is 5.82. The molecule has 1 aromatic rings. The molecule has 0 aliphatic carbocycles. The summed E-state index contributed by atoms with van der Waals surface area (Å²) >= 11 is 0. The first-order valence-corrected chi connectivity index (χ1v) is 4.44. The summed E-state index contributed by atoms with van der Waals surface area (Å²) in [4.78, 5) is 11.0. The number of carbonyl (C=O) groups is 1. The second kappa shape index (κ2) is 3.91. The Bertz CT molecular complexity index is 348. The van der Waals surface area contributed by atoms with Crippen LogP contribution in [0.3, 0.4) is 0 Å². The normalized spacial score (nSPS) is 16.3. The van der Waals surface area contributed by atoms with Gasteiger partial charge < -0.3 is 0 Å². The van der Waals surface area contributed by atoms with E-state index in [2.05, 4.69) is 10.4 Å². The smallest absolute Gasteiger partial charge is 0.244 e. The van der Waals surface area contributed by atoms with Crippen molar-refractivity contribution in [1.29, 1.82) is 0 Å². The molecule has 0 bridgehead atoms. The van der Waals surface area contributed by atoms with Crippen LogP contribution in [0.15, 0.2) is 35.4 Å². The Balaban J connectivity index is 2.03. The van der Waals surface area contributed by atoms with Crippen LogP contribution in [0.1, 0.15) is 5.56 Å². The first-order valence-electron chi connectivity index (χ1n) is 4.44. The molecule has 0 saturated carbocycles. The summed E-state index contributed by atoms with van der Waals surface area (Å²) < 4.78 is 0. The summed E-state index contributed by atoms with van der Waals surface area (Å²) in [5.74, 6) is 0. The molecule has 4 heteroatoms. The van der Waals surface area contributed by atoms with Gasteiger partial charge in [0.2, 0.25) is 0 Å². The van der Waals surface area contributed by atoms with E-state index in [-0.39, 0.29) is 6.03 Å². The van der Waals surface area contributed by atoms with E-state index < -0.39 is 0 Å². The maximum atomic E-state index is 11.0. The molecule has 14 heavy (non-hydrogen) atoms. The quantitative estimate of drug-likeness (QED) is 0.640. The molecule has 1 heterocycles. The Morgan fingerprint density at radius 1 is 1.36 bits per heavy atom. The maximum Gasteiger partial charge on any atom is 0.359 e. The number of carbonyl (C=O) groups excluding carboxylic acids is 1. The number of benzene rings is 1. The van der Waals surface area contributed by atoms with Crippen LogP contribution in [-0.2, 0) is 0 Å². The minimum absolute atomic E-state index is 0.253. The number of hydrazone groups is 1. The number of urea groups is 1. The topological polar surface area (TPSA) is 46.8 Å². The number of amides is 2. The van der Waals surface area contributed by atoms with Gasteiger partial charge in [0.05, 0.1) is 19.3 Å². The second-order valence-electron chi connectivity index (χ2n) is 2.94. The molecule has 1 saturated heterocycles. The summed E-state index contributed by atoms with van der Waals surface area (Å²) in [7, 11) is 0. The summed E-state index contributed by atoms with van der Waals surface area (Å²) in [5, 5.41) is 9.11. The van der Waals surface area contributed by atoms with Gasteiger partial charge in [0.25, 0.3) is 0 Å². The van der Waals surface area contributed by atoms with E-state index in [4.69, 9.17) is 0 Å². The Hall–Kier alpha value is -1.84. The van der Waals surface area contributed by atoms with E-state index in [0.717, 1.165) is 5.56 Å². The molecule has 4 nitrogen and oxygen atoms in total. The number of nitrogens with zero attached hydrogens (tertiary/aromatic N) is 3. The van der Waals surface area contributed by atoms with E-state index >= 15 is 0 Å². The Morgan fingerprint density at radius 2 is 2.14 bits per heavy atom. The lowest BCUT2D eigenvalue weighted by Gasteiger charge is -2.04. The van der Waals surface area contributed by atoms with E-state index in [1.807, 2.05) is 30.3 Å². The van der Waals surface area contributed by atoms with Crippen molar-refractivity contribution in [3.63, 3.8) is 0 Å². The number of hydrogen-bond acceptors (Lipinski definition) is 2. The number of hydrogen-bond donors (Lipinski definition) is 0. The summed E-state index contributed by atoms with van der Waals surface area (Å²) in [6.07, 6.45) is 1.67. The minimum Gasteiger partial charge on any atom is -0.244 e. The van der Waals surface area contributed by atoms with Crippen LogP contribution in [0.4, 0.5) is 4.79 Å². The lowest BCUT2D eigenvalue weighted by molar-refractivity contribution is 0.219. The average Bonchev–Trinajstić information content (AvgIpc) is 2.63. The van der Waals surface area contributed by atoms with Gasteiger partial charge in [-0.3, -0.25) is 0 Å². The Labute approximate surface area is 82.2 Å². The summed E-state index contributed by atoms with van der Waals surface area (Å²) in [6, 6.07) is 9.41. The van der Waals surface area contributed by atoms with Gasteiger partial charge >= 0.3 is 6.03 Å². The predicted molar refractivity (Wildman–Crippen MR) is 53.1 cm³/mol. The second-order valence-corrected chi connectivity index (χ2v) is 2.94. The van der Waals surface area contributed by atoms with Gasteiger partial charge in [0.15, 0.2) is 0 Å². The van der Waals surface area contributed by atoms with Gasteiger partial charge in [0, 0.05) is 0 Å². The third-order valence-corrected chi connectivity index (χ3v) is 1.93. The SMILES string of the molecule is O=C1[N]CCN1N=Cc1ccccc1. The fourth-order valence-corrected chi connectivity index (χ4v) is 1.20. The van der Waals surface area contributed by atoms with Crippen molar-refractivity contribution in [1.82, 2.24) is 10.3 Å². The molecule has 0 unspecified atom stereocenters. The van der Waals surface area contributed by atoms with E-state index in [1.54, 1.807) is 6.21 Å². The van der Waals surface area contributed by atoms with Crippen LogP contribution < -0.4 is 5.32 Å². The van der Waals surface area contributed by atoms with Gasteiger partial charge in [-0.1, -0.05) is 30.3 Å². The van der Waals surface area contributed by atoms with Gasteiger partial charge in [-0.25, -0.2) is 15.1 Å². The van der Waals surface area contributed by atoms with Crippen LogP contribution in [0.2, 0.25) is 0 Å². The lowest BCUT2D eigenvalue weighted by Crippen LogP contribution is -2.19. The molecule has 1 aromatic carbocycles. The van der Waals surface area contributed by atoms with Gasteiger partial charge in [-0.05, 0) is 5.56 Å². The van der Waals surface area contributed by atoms with Gasteiger partial charge in [-0.2, -0.15) is 5.10 Å². The van der Waals surface area contributed by atoms with Gasteiger partial charge in [0.1, 0.15) is 0 Å². The monoisotopic (exact) mass is 188 g/mol. The average molecular weight is 188 g/mol. The van der Waals surface area contributed by atoms with Crippen LogP contribution in [0, 0.1) is 0 Å². The van der Waals surface area contributed by atoms with Gasteiger partial charge in [-0.15, -0.1) is 0 Å². The van der Waals surface area contributed by atoms with Crippen molar-refractivity contribution >= 4 is 12.2 Å². The Kier molecular flexibility index (Phi) is 2.44. The standard InChI is InChI=1S/C10H10N3O/c14-10-11-6-7-13(10)12-8-9-4-2-1-3-5-9/h1-5,8H,6-7H2. The molecule has 0 aromatic heterocycles. The molecule has 2 rings (SSSR count). The zero-order valence-corrected chi connectivity index (χ0v) is 7.63. The highest BCUT2D eigenvalue weighted by Gasteiger charge is 2.19. The first kappa shape index (κ1) is 8.74. The molecule has 0 atom stereocenters.